The van der Waals surface area contributed by atoms with Crippen molar-refractivity contribution in [2.45, 2.75) is 39.2 Å². The number of carbonyl (C=O) groups is 2. The molecule has 1 aliphatic rings. The molecule has 0 bridgehead atoms. The van der Waals surface area contributed by atoms with Crippen LogP contribution in [0.3, 0.4) is 0 Å². The standard InChI is InChI=1S/C16H21FN2O2/c1-3-15(21)18-12-6-5-9-19(10-12)14-8-4-7-13(17)16(14)11(2)20/h4,7-8,12H,3,5-6,9-10H2,1-2H3,(H,18,21)/t12-/m0/s1. The van der Waals surface area contributed by atoms with Gasteiger partial charge >= 0.3 is 0 Å². The number of rotatable bonds is 4. The number of anilines is 1. The number of nitrogens with one attached hydrogen (secondary N) is 1. The minimum atomic E-state index is -0.486. The summed E-state index contributed by atoms with van der Waals surface area (Å²) in [4.78, 5) is 25.2. The minimum absolute atomic E-state index is 0.0212. The van der Waals surface area contributed by atoms with E-state index in [0.717, 1.165) is 19.4 Å². The van der Waals surface area contributed by atoms with Crippen molar-refractivity contribution in [1.29, 1.82) is 0 Å². The van der Waals surface area contributed by atoms with Crippen LogP contribution in [0.5, 0.6) is 0 Å². The second-order valence-corrected chi connectivity index (χ2v) is 5.40. The molecule has 0 radical (unpaired) electrons. The van der Waals surface area contributed by atoms with Gasteiger partial charge in [-0.25, -0.2) is 4.39 Å². The number of nitrogens with zero attached hydrogens (tertiary/aromatic N) is 1. The molecule has 1 saturated heterocycles. The van der Waals surface area contributed by atoms with E-state index in [1.54, 1.807) is 12.1 Å². The van der Waals surface area contributed by atoms with E-state index in [9.17, 15) is 14.0 Å². The van der Waals surface area contributed by atoms with Crippen LogP contribution in [0, 0.1) is 5.82 Å². The molecule has 1 fully saturated rings. The molecule has 0 saturated carbocycles. The fraction of sp³-hybridized carbons (Fsp3) is 0.500. The van der Waals surface area contributed by atoms with Crippen molar-refractivity contribution in [1.82, 2.24) is 5.32 Å². The maximum absolute atomic E-state index is 13.9. The molecular formula is C16H21FN2O2. The summed E-state index contributed by atoms with van der Waals surface area (Å²) in [6.45, 7) is 4.57. The highest BCUT2D eigenvalue weighted by Crippen LogP contribution is 2.26. The summed E-state index contributed by atoms with van der Waals surface area (Å²) in [6, 6.07) is 4.74. The largest absolute Gasteiger partial charge is 0.369 e. The third-order valence-electron chi connectivity index (χ3n) is 3.79. The molecule has 21 heavy (non-hydrogen) atoms. The van der Waals surface area contributed by atoms with Gasteiger partial charge < -0.3 is 10.2 Å². The van der Waals surface area contributed by atoms with Crippen LogP contribution in [0.1, 0.15) is 43.5 Å². The summed E-state index contributed by atoms with van der Waals surface area (Å²) in [6.07, 6.45) is 2.27. The van der Waals surface area contributed by atoms with E-state index in [4.69, 9.17) is 0 Å². The molecule has 1 heterocycles. The molecule has 1 aliphatic heterocycles. The number of hydrogen-bond donors (Lipinski definition) is 1. The third-order valence-corrected chi connectivity index (χ3v) is 3.79. The van der Waals surface area contributed by atoms with Gasteiger partial charge in [0.25, 0.3) is 0 Å². The van der Waals surface area contributed by atoms with E-state index in [0.29, 0.717) is 18.7 Å². The fourth-order valence-electron chi connectivity index (χ4n) is 2.77. The molecule has 0 aromatic heterocycles. The molecule has 1 aromatic carbocycles. The SMILES string of the molecule is CCC(=O)N[C@H]1CCCN(c2cccc(F)c2C(C)=O)C1. The Kier molecular flexibility index (Phi) is 4.94. The Bertz CT molecular complexity index is 545. The Hall–Kier alpha value is -1.91. The second kappa shape index (κ2) is 6.70. The lowest BCUT2D eigenvalue weighted by Gasteiger charge is -2.35. The highest BCUT2D eigenvalue weighted by atomic mass is 19.1. The molecule has 1 N–H and O–H groups in total. The first-order valence-corrected chi connectivity index (χ1v) is 7.36. The number of hydrogen-bond acceptors (Lipinski definition) is 3. The smallest absolute Gasteiger partial charge is 0.219 e. The van der Waals surface area contributed by atoms with Gasteiger partial charge in [-0.05, 0) is 31.9 Å². The van der Waals surface area contributed by atoms with Crippen molar-refractivity contribution in [2.24, 2.45) is 0 Å². The zero-order valence-electron chi connectivity index (χ0n) is 12.5. The van der Waals surface area contributed by atoms with Crippen LogP contribution < -0.4 is 10.2 Å². The van der Waals surface area contributed by atoms with Crippen LogP contribution in [0.15, 0.2) is 18.2 Å². The first kappa shape index (κ1) is 15.5. The van der Waals surface area contributed by atoms with Crippen LogP contribution in [0.2, 0.25) is 0 Å². The summed E-state index contributed by atoms with van der Waals surface area (Å²) >= 11 is 0. The van der Waals surface area contributed by atoms with E-state index in [2.05, 4.69) is 5.32 Å². The van der Waals surface area contributed by atoms with E-state index in [-0.39, 0.29) is 23.3 Å². The highest BCUT2D eigenvalue weighted by Gasteiger charge is 2.24. The summed E-state index contributed by atoms with van der Waals surface area (Å²) in [5, 5.41) is 2.97. The van der Waals surface area contributed by atoms with Gasteiger partial charge in [-0.3, -0.25) is 9.59 Å². The molecule has 4 nitrogen and oxygen atoms in total. The third kappa shape index (κ3) is 3.60. The van der Waals surface area contributed by atoms with Crippen LogP contribution >= 0.6 is 0 Å². The van der Waals surface area contributed by atoms with Gasteiger partial charge in [0.1, 0.15) is 5.82 Å². The van der Waals surface area contributed by atoms with Crippen LogP contribution in [-0.2, 0) is 4.79 Å². The number of ketones is 1. The Labute approximate surface area is 124 Å². The first-order chi connectivity index (χ1) is 10.0. The number of Topliss-reactive ketones (excluding diaryl/α,β-unsaturated/α-hetero) is 1. The monoisotopic (exact) mass is 292 g/mol. The highest BCUT2D eigenvalue weighted by molar-refractivity contribution is 6.00. The Morgan fingerprint density at radius 1 is 1.43 bits per heavy atom. The topological polar surface area (TPSA) is 49.4 Å². The number of halogens is 1. The normalized spacial score (nSPS) is 18.4. The van der Waals surface area contributed by atoms with Crippen molar-refractivity contribution in [3.63, 3.8) is 0 Å². The van der Waals surface area contributed by atoms with Crippen molar-refractivity contribution in [3.05, 3.63) is 29.6 Å². The Morgan fingerprint density at radius 2 is 2.19 bits per heavy atom. The lowest BCUT2D eigenvalue weighted by atomic mass is 10.0. The predicted molar refractivity (Wildman–Crippen MR) is 80.1 cm³/mol. The zero-order chi connectivity index (χ0) is 15.4. The molecule has 114 valence electrons. The van der Waals surface area contributed by atoms with Gasteiger partial charge in [0, 0.05) is 25.6 Å². The van der Waals surface area contributed by atoms with Crippen molar-refractivity contribution >= 4 is 17.4 Å². The van der Waals surface area contributed by atoms with Gasteiger partial charge in [-0.15, -0.1) is 0 Å². The average molecular weight is 292 g/mol. The van der Waals surface area contributed by atoms with Gasteiger partial charge in [-0.1, -0.05) is 13.0 Å². The van der Waals surface area contributed by atoms with Crippen molar-refractivity contribution in [2.75, 3.05) is 18.0 Å². The van der Waals surface area contributed by atoms with E-state index < -0.39 is 5.82 Å². The number of amides is 1. The quantitative estimate of drug-likeness (QED) is 0.868. The van der Waals surface area contributed by atoms with Crippen molar-refractivity contribution in [3.8, 4) is 0 Å². The van der Waals surface area contributed by atoms with Gasteiger partial charge in [0.2, 0.25) is 5.91 Å². The van der Waals surface area contributed by atoms with Gasteiger partial charge in [0.15, 0.2) is 5.78 Å². The van der Waals surface area contributed by atoms with Gasteiger partial charge in [-0.2, -0.15) is 0 Å². The number of piperidine rings is 1. The summed E-state index contributed by atoms with van der Waals surface area (Å²) in [5.74, 6) is -0.740. The maximum Gasteiger partial charge on any atom is 0.219 e. The average Bonchev–Trinajstić information content (AvgIpc) is 2.46. The molecule has 1 atom stereocenters. The Balaban J connectivity index is 2.20. The maximum atomic E-state index is 13.9. The van der Waals surface area contributed by atoms with Crippen molar-refractivity contribution < 1.29 is 14.0 Å². The summed E-state index contributed by atoms with van der Waals surface area (Å²) < 4.78 is 13.9. The van der Waals surface area contributed by atoms with Crippen LogP contribution in [0.25, 0.3) is 0 Å². The number of carbonyl (C=O) groups excluding carboxylic acids is 2. The minimum Gasteiger partial charge on any atom is -0.369 e. The van der Waals surface area contributed by atoms with E-state index in [1.807, 2.05) is 11.8 Å². The summed E-state index contributed by atoms with van der Waals surface area (Å²) in [7, 11) is 0. The molecule has 1 aromatic rings. The Morgan fingerprint density at radius 3 is 2.86 bits per heavy atom. The fourth-order valence-corrected chi connectivity index (χ4v) is 2.77. The van der Waals surface area contributed by atoms with E-state index in [1.165, 1.54) is 13.0 Å². The first-order valence-electron chi connectivity index (χ1n) is 7.36. The molecule has 0 unspecified atom stereocenters. The zero-order valence-corrected chi connectivity index (χ0v) is 12.5. The molecule has 2 rings (SSSR count). The number of benzene rings is 1. The van der Waals surface area contributed by atoms with Crippen LogP contribution in [-0.4, -0.2) is 30.8 Å². The van der Waals surface area contributed by atoms with Gasteiger partial charge in [0.05, 0.1) is 11.3 Å². The second-order valence-electron chi connectivity index (χ2n) is 5.40. The molecular weight excluding hydrogens is 271 g/mol. The predicted octanol–water partition coefficient (Wildman–Crippen LogP) is 2.52. The lowest BCUT2D eigenvalue weighted by Crippen LogP contribution is -2.48. The van der Waals surface area contributed by atoms with E-state index >= 15 is 0 Å². The molecule has 0 spiro atoms. The lowest BCUT2D eigenvalue weighted by molar-refractivity contribution is -0.121. The molecule has 0 aliphatic carbocycles. The molecule has 1 amide bonds. The molecule has 5 heteroatoms. The van der Waals surface area contributed by atoms with Crippen LogP contribution in [0.4, 0.5) is 10.1 Å². The summed E-state index contributed by atoms with van der Waals surface area (Å²) in [5.41, 5.74) is 0.762.